The average molecular weight is 320 g/mol. The van der Waals surface area contributed by atoms with Crippen LogP contribution in [0.5, 0.6) is 0 Å². The first-order chi connectivity index (χ1) is 6.70. The number of nitrogens with zero attached hydrogens (tertiary/aromatic N) is 2. The number of anilines is 1. The minimum Gasteiger partial charge on any atom is -0.310 e. The summed E-state index contributed by atoms with van der Waals surface area (Å²) in [5.74, 6) is 0.178. The lowest BCUT2D eigenvalue weighted by Gasteiger charge is -2.18. The maximum Gasteiger partial charge on any atom is 0.227 e. The molecule has 0 atom stereocenters. The highest BCUT2D eigenvalue weighted by atomic mass is 79.9. The molecule has 0 aliphatic carbocycles. The van der Waals surface area contributed by atoms with E-state index in [-0.39, 0.29) is 5.91 Å². The summed E-state index contributed by atoms with van der Waals surface area (Å²) < 4.78 is 1.70. The van der Waals surface area contributed by atoms with E-state index in [4.69, 9.17) is 0 Å². The van der Waals surface area contributed by atoms with Gasteiger partial charge in [-0.2, -0.15) is 0 Å². The number of aromatic nitrogens is 1. The maximum absolute atomic E-state index is 11.5. The van der Waals surface area contributed by atoms with Gasteiger partial charge >= 0.3 is 0 Å². The molecule has 1 aliphatic heterocycles. The number of halogens is 2. The smallest absolute Gasteiger partial charge is 0.227 e. The molecule has 0 unspecified atom stereocenters. The fourth-order valence-corrected chi connectivity index (χ4v) is 2.90. The standard InChI is InChI=1S/C9H8Br2N2O/c10-6-4-12-5-7(11)9(6)13-3-1-2-8(13)14/h4-5H,1-3H2. The first-order valence-electron chi connectivity index (χ1n) is 4.29. The van der Waals surface area contributed by atoms with Gasteiger partial charge in [0.2, 0.25) is 5.91 Å². The van der Waals surface area contributed by atoms with Crippen molar-refractivity contribution in [2.45, 2.75) is 12.8 Å². The van der Waals surface area contributed by atoms with Crippen molar-refractivity contribution in [2.75, 3.05) is 11.4 Å². The van der Waals surface area contributed by atoms with Crippen LogP contribution >= 0.6 is 31.9 Å². The molecule has 0 spiro atoms. The maximum atomic E-state index is 11.5. The Balaban J connectivity index is 2.44. The van der Waals surface area contributed by atoms with Crippen LogP contribution in [0.3, 0.4) is 0 Å². The Morgan fingerprint density at radius 1 is 1.29 bits per heavy atom. The number of carbonyl (C=O) groups is 1. The molecule has 1 saturated heterocycles. The van der Waals surface area contributed by atoms with Crippen molar-refractivity contribution < 1.29 is 4.79 Å². The summed E-state index contributed by atoms with van der Waals surface area (Å²) in [6.07, 6.45) is 4.97. The quantitative estimate of drug-likeness (QED) is 0.797. The molecule has 0 saturated carbocycles. The lowest BCUT2D eigenvalue weighted by Crippen LogP contribution is -2.24. The van der Waals surface area contributed by atoms with Crippen molar-refractivity contribution in [1.82, 2.24) is 4.98 Å². The van der Waals surface area contributed by atoms with E-state index in [9.17, 15) is 4.79 Å². The van der Waals surface area contributed by atoms with Crippen LogP contribution in [0.4, 0.5) is 5.69 Å². The van der Waals surface area contributed by atoms with Crippen LogP contribution in [-0.2, 0) is 4.79 Å². The normalized spacial score (nSPS) is 16.4. The van der Waals surface area contributed by atoms with Gasteiger partial charge in [-0.1, -0.05) is 0 Å². The summed E-state index contributed by atoms with van der Waals surface area (Å²) >= 11 is 6.80. The summed E-state index contributed by atoms with van der Waals surface area (Å²) in [7, 11) is 0. The van der Waals surface area contributed by atoms with Crippen molar-refractivity contribution in [3.63, 3.8) is 0 Å². The molecule has 1 fully saturated rings. The van der Waals surface area contributed by atoms with E-state index in [1.54, 1.807) is 17.3 Å². The van der Waals surface area contributed by atoms with Gasteiger partial charge in [0.25, 0.3) is 0 Å². The fraction of sp³-hybridized carbons (Fsp3) is 0.333. The summed E-state index contributed by atoms with van der Waals surface area (Å²) in [6.45, 7) is 0.792. The van der Waals surface area contributed by atoms with Gasteiger partial charge in [0.15, 0.2) is 0 Å². The van der Waals surface area contributed by atoms with E-state index in [0.29, 0.717) is 6.42 Å². The lowest BCUT2D eigenvalue weighted by molar-refractivity contribution is -0.117. The number of hydrogen-bond acceptors (Lipinski definition) is 2. The monoisotopic (exact) mass is 318 g/mol. The zero-order valence-electron chi connectivity index (χ0n) is 7.33. The van der Waals surface area contributed by atoms with E-state index >= 15 is 0 Å². The van der Waals surface area contributed by atoms with Crippen LogP contribution in [0.25, 0.3) is 0 Å². The fourth-order valence-electron chi connectivity index (χ4n) is 1.55. The molecule has 74 valence electrons. The van der Waals surface area contributed by atoms with Crippen LogP contribution in [0.15, 0.2) is 21.3 Å². The Morgan fingerprint density at radius 3 is 2.43 bits per heavy atom. The Hall–Kier alpha value is -0.420. The number of amides is 1. The van der Waals surface area contributed by atoms with Gasteiger partial charge in [0.05, 0.1) is 14.6 Å². The third-order valence-corrected chi connectivity index (χ3v) is 3.33. The van der Waals surface area contributed by atoms with Crippen molar-refractivity contribution in [3.05, 3.63) is 21.3 Å². The molecule has 0 aromatic carbocycles. The molecule has 3 nitrogen and oxygen atoms in total. The first kappa shape index (κ1) is 10.1. The molecule has 1 aromatic rings. The zero-order valence-corrected chi connectivity index (χ0v) is 10.5. The zero-order chi connectivity index (χ0) is 10.1. The van der Waals surface area contributed by atoms with Gasteiger partial charge in [0, 0.05) is 25.4 Å². The summed E-state index contributed by atoms with van der Waals surface area (Å²) in [5, 5.41) is 0. The van der Waals surface area contributed by atoms with E-state index in [2.05, 4.69) is 36.8 Å². The molecule has 2 heterocycles. The summed E-state index contributed by atoms with van der Waals surface area (Å²) in [6, 6.07) is 0. The lowest BCUT2D eigenvalue weighted by atomic mass is 10.3. The van der Waals surface area contributed by atoms with Crippen LogP contribution in [0.1, 0.15) is 12.8 Å². The van der Waals surface area contributed by atoms with Gasteiger partial charge in [-0.15, -0.1) is 0 Å². The molecule has 2 rings (SSSR count). The van der Waals surface area contributed by atoms with E-state index in [1.807, 2.05) is 0 Å². The Bertz CT molecular complexity index is 361. The molecule has 14 heavy (non-hydrogen) atoms. The Morgan fingerprint density at radius 2 is 1.93 bits per heavy atom. The second-order valence-electron chi connectivity index (χ2n) is 3.10. The van der Waals surface area contributed by atoms with E-state index in [1.165, 1.54) is 0 Å². The molecular formula is C9H8Br2N2O. The molecule has 0 bridgehead atoms. The van der Waals surface area contributed by atoms with Crippen LogP contribution < -0.4 is 4.90 Å². The predicted octanol–water partition coefficient (Wildman–Crippen LogP) is 2.73. The first-order valence-corrected chi connectivity index (χ1v) is 5.88. The number of pyridine rings is 1. The predicted molar refractivity (Wildman–Crippen MR) is 61.2 cm³/mol. The SMILES string of the molecule is O=C1CCCN1c1c(Br)cncc1Br. The van der Waals surface area contributed by atoms with E-state index < -0.39 is 0 Å². The van der Waals surface area contributed by atoms with Gasteiger partial charge in [-0.25, -0.2) is 0 Å². The highest BCUT2D eigenvalue weighted by Crippen LogP contribution is 2.35. The van der Waals surface area contributed by atoms with Gasteiger partial charge < -0.3 is 4.90 Å². The van der Waals surface area contributed by atoms with Crippen molar-refractivity contribution in [2.24, 2.45) is 0 Å². The third-order valence-electron chi connectivity index (χ3n) is 2.17. The van der Waals surface area contributed by atoms with Crippen LogP contribution in [0.2, 0.25) is 0 Å². The minimum absolute atomic E-state index is 0.178. The van der Waals surface area contributed by atoms with Crippen LogP contribution in [0, 0.1) is 0 Å². The highest BCUT2D eigenvalue weighted by Gasteiger charge is 2.25. The molecule has 1 amide bonds. The molecule has 5 heteroatoms. The van der Waals surface area contributed by atoms with Gasteiger partial charge in [-0.05, 0) is 38.3 Å². The molecule has 0 N–H and O–H groups in total. The van der Waals surface area contributed by atoms with Crippen molar-refractivity contribution in [1.29, 1.82) is 0 Å². The Labute approximate surface area is 98.8 Å². The molecule has 1 aromatic heterocycles. The topological polar surface area (TPSA) is 33.2 Å². The summed E-state index contributed by atoms with van der Waals surface area (Å²) in [4.78, 5) is 17.3. The van der Waals surface area contributed by atoms with Gasteiger partial charge in [0.1, 0.15) is 0 Å². The minimum atomic E-state index is 0.178. The molecular weight excluding hydrogens is 312 g/mol. The largest absolute Gasteiger partial charge is 0.310 e. The van der Waals surface area contributed by atoms with E-state index in [0.717, 1.165) is 27.6 Å². The highest BCUT2D eigenvalue weighted by molar-refractivity contribution is 9.11. The van der Waals surface area contributed by atoms with Crippen molar-refractivity contribution in [3.8, 4) is 0 Å². The van der Waals surface area contributed by atoms with Crippen LogP contribution in [-0.4, -0.2) is 17.4 Å². The average Bonchev–Trinajstić information content (AvgIpc) is 2.52. The molecule has 0 radical (unpaired) electrons. The number of hydrogen-bond donors (Lipinski definition) is 0. The molecule has 1 aliphatic rings. The second kappa shape index (κ2) is 3.98. The third kappa shape index (κ3) is 1.70. The Kier molecular flexibility index (Phi) is 2.88. The number of rotatable bonds is 1. The number of carbonyl (C=O) groups excluding carboxylic acids is 1. The second-order valence-corrected chi connectivity index (χ2v) is 4.81. The van der Waals surface area contributed by atoms with Gasteiger partial charge in [-0.3, -0.25) is 9.78 Å². The summed E-state index contributed by atoms with van der Waals surface area (Å²) in [5.41, 5.74) is 0.891. The van der Waals surface area contributed by atoms with Crippen molar-refractivity contribution >= 4 is 43.5 Å².